The molecule has 0 unspecified atom stereocenters. The molecule has 0 bridgehead atoms. The zero-order chi connectivity index (χ0) is 16.4. The Balaban J connectivity index is 2.01. The Hall–Kier alpha value is -2.69. The number of aromatic nitrogens is 2. The number of hydrogen-bond acceptors (Lipinski definition) is 2. The smallest absolute Gasteiger partial charge is 0.219 e. The molecule has 2 aromatic carbocycles. The van der Waals surface area contributed by atoms with E-state index in [1.54, 1.807) is 24.1 Å². The van der Waals surface area contributed by atoms with Gasteiger partial charge in [0.1, 0.15) is 11.6 Å². The molecule has 3 aromatic rings. The molecule has 0 fully saturated rings. The molecule has 0 atom stereocenters. The van der Waals surface area contributed by atoms with Crippen LogP contribution in [0, 0.1) is 5.82 Å². The predicted octanol–water partition coefficient (Wildman–Crippen LogP) is 3.20. The maximum atomic E-state index is 13.1. The van der Waals surface area contributed by atoms with Crippen LogP contribution in [0.15, 0.2) is 48.5 Å². The number of hydrogen-bond donors (Lipinski definition) is 0. The molecule has 1 aromatic heterocycles. The highest BCUT2D eigenvalue weighted by Gasteiger charge is 2.14. The molecule has 0 N–H and O–H groups in total. The number of para-hydroxylation sites is 2. The van der Waals surface area contributed by atoms with E-state index in [2.05, 4.69) is 9.55 Å². The molecule has 0 aliphatic rings. The third-order valence-corrected chi connectivity index (χ3v) is 3.90. The van der Waals surface area contributed by atoms with E-state index in [-0.39, 0.29) is 11.7 Å². The number of nitrogens with zero attached hydrogens (tertiary/aromatic N) is 3. The van der Waals surface area contributed by atoms with Crippen LogP contribution >= 0.6 is 0 Å². The van der Waals surface area contributed by atoms with Gasteiger partial charge in [-0.3, -0.25) is 4.79 Å². The van der Waals surface area contributed by atoms with Gasteiger partial charge in [-0.1, -0.05) is 24.3 Å². The third kappa shape index (κ3) is 3.23. The van der Waals surface area contributed by atoms with E-state index in [1.165, 1.54) is 19.1 Å². The van der Waals surface area contributed by atoms with Gasteiger partial charge >= 0.3 is 0 Å². The van der Waals surface area contributed by atoms with Gasteiger partial charge in [-0.05, 0) is 29.8 Å². The average molecular weight is 311 g/mol. The summed E-state index contributed by atoms with van der Waals surface area (Å²) >= 11 is 0. The van der Waals surface area contributed by atoms with Gasteiger partial charge in [0.05, 0.1) is 17.6 Å². The first kappa shape index (κ1) is 15.2. The van der Waals surface area contributed by atoms with Gasteiger partial charge in [0, 0.05) is 20.5 Å². The highest BCUT2D eigenvalue weighted by molar-refractivity contribution is 5.76. The molecule has 1 heterocycles. The lowest BCUT2D eigenvalue weighted by atomic mass is 10.2. The van der Waals surface area contributed by atoms with Gasteiger partial charge in [-0.25, -0.2) is 9.37 Å². The predicted molar refractivity (Wildman–Crippen MR) is 87.4 cm³/mol. The van der Waals surface area contributed by atoms with Crippen molar-refractivity contribution < 1.29 is 9.18 Å². The maximum Gasteiger partial charge on any atom is 0.219 e. The standard InChI is InChI=1S/C18H18FN3O/c1-13(23)21(2)12-18-20-16-5-3-4-6-17(16)22(18)11-14-7-9-15(19)10-8-14/h3-10H,11-12H2,1-2H3. The number of benzene rings is 2. The number of halogens is 1. The molecule has 4 nitrogen and oxygen atoms in total. The van der Waals surface area contributed by atoms with E-state index in [0.717, 1.165) is 22.4 Å². The van der Waals surface area contributed by atoms with Gasteiger partial charge in [0.25, 0.3) is 0 Å². The van der Waals surface area contributed by atoms with Gasteiger partial charge in [0.15, 0.2) is 0 Å². The largest absolute Gasteiger partial charge is 0.339 e. The molecule has 0 aliphatic heterocycles. The van der Waals surface area contributed by atoms with Gasteiger partial charge in [-0.15, -0.1) is 0 Å². The first-order valence-electron chi connectivity index (χ1n) is 7.45. The minimum absolute atomic E-state index is 0.00890. The summed E-state index contributed by atoms with van der Waals surface area (Å²) in [5, 5.41) is 0. The Bertz CT molecular complexity index is 839. The molecule has 0 radical (unpaired) electrons. The Labute approximate surface area is 134 Å². The Morgan fingerprint density at radius 3 is 2.57 bits per heavy atom. The number of rotatable bonds is 4. The topological polar surface area (TPSA) is 38.1 Å². The number of imidazole rings is 1. The van der Waals surface area contributed by atoms with Crippen molar-refractivity contribution >= 4 is 16.9 Å². The van der Waals surface area contributed by atoms with Crippen LogP contribution in [-0.4, -0.2) is 27.4 Å². The second-order valence-electron chi connectivity index (χ2n) is 5.60. The van der Waals surface area contributed by atoms with Gasteiger partial charge in [-0.2, -0.15) is 0 Å². The summed E-state index contributed by atoms with van der Waals surface area (Å²) in [6.45, 7) is 2.56. The normalized spacial score (nSPS) is 10.9. The molecule has 0 saturated heterocycles. The van der Waals surface area contributed by atoms with Crippen LogP contribution in [0.2, 0.25) is 0 Å². The second kappa shape index (κ2) is 6.20. The molecule has 1 amide bonds. The fourth-order valence-corrected chi connectivity index (χ4v) is 2.52. The quantitative estimate of drug-likeness (QED) is 0.742. The molecule has 118 valence electrons. The van der Waals surface area contributed by atoms with Gasteiger partial charge < -0.3 is 9.47 Å². The summed E-state index contributed by atoms with van der Waals surface area (Å²) < 4.78 is 15.2. The van der Waals surface area contributed by atoms with E-state index in [4.69, 9.17) is 0 Å². The molecule has 0 aliphatic carbocycles. The van der Waals surface area contributed by atoms with E-state index in [9.17, 15) is 9.18 Å². The highest BCUT2D eigenvalue weighted by Crippen LogP contribution is 2.19. The molecule has 3 rings (SSSR count). The van der Waals surface area contributed by atoms with Crippen LogP contribution in [0.1, 0.15) is 18.3 Å². The molecule has 0 spiro atoms. The van der Waals surface area contributed by atoms with Crippen LogP contribution in [-0.2, 0) is 17.9 Å². The third-order valence-electron chi connectivity index (χ3n) is 3.90. The summed E-state index contributed by atoms with van der Waals surface area (Å²) in [5.41, 5.74) is 2.88. The van der Waals surface area contributed by atoms with Crippen LogP contribution in [0.4, 0.5) is 4.39 Å². The number of carbonyl (C=O) groups excluding carboxylic acids is 1. The second-order valence-corrected chi connectivity index (χ2v) is 5.60. The summed E-state index contributed by atoms with van der Waals surface area (Å²) in [5.74, 6) is 0.555. The Kier molecular flexibility index (Phi) is 4.10. The fraction of sp³-hybridized carbons (Fsp3) is 0.222. The molecule has 5 heteroatoms. The van der Waals surface area contributed by atoms with E-state index >= 15 is 0 Å². The van der Waals surface area contributed by atoms with Gasteiger partial charge in [0.2, 0.25) is 5.91 Å². The Morgan fingerprint density at radius 2 is 1.87 bits per heavy atom. The summed E-state index contributed by atoms with van der Waals surface area (Å²) in [6, 6.07) is 14.3. The average Bonchev–Trinajstić information content (AvgIpc) is 2.87. The number of fused-ring (bicyclic) bond motifs is 1. The van der Waals surface area contributed by atoms with Crippen molar-refractivity contribution in [1.29, 1.82) is 0 Å². The van der Waals surface area contributed by atoms with Crippen molar-refractivity contribution in [3.63, 3.8) is 0 Å². The summed E-state index contributed by atoms with van der Waals surface area (Å²) in [7, 11) is 1.75. The van der Waals surface area contributed by atoms with Crippen molar-refractivity contribution in [2.45, 2.75) is 20.0 Å². The fourth-order valence-electron chi connectivity index (χ4n) is 2.52. The molecular formula is C18H18FN3O. The highest BCUT2D eigenvalue weighted by atomic mass is 19.1. The lowest BCUT2D eigenvalue weighted by Crippen LogP contribution is -2.25. The monoisotopic (exact) mass is 311 g/mol. The molecule has 23 heavy (non-hydrogen) atoms. The zero-order valence-electron chi connectivity index (χ0n) is 13.2. The zero-order valence-corrected chi connectivity index (χ0v) is 13.2. The van der Waals surface area contributed by atoms with Crippen LogP contribution < -0.4 is 0 Å². The molecular weight excluding hydrogens is 293 g/mol. The SMILES string of the molecule is CC(=O)N(C)Cc1nc2ccccc2n1Cc1ccc(F)cc1. The lowest BCUT2D eigenvalue weighted by molar-refractivity contribution is -0.128. The van der Waals surface area contributed by atoms with E-state index < -0.39 is 0 Å². The van der Waals surface area contributed by atoms with E-state index in [0.29, 0.717) is 13.1 Å². The van der Waals surface area contributed by atoms with Crippen LogP contribution in [0.3, 0.4) is 0 Å². The van der Waals surface area contributed by atoms with Crippen molar-refractivity contribution in [2.24, 2.45) is 0 Å². The Morgan fingerprint density at radius 1 is 1.17 bits per heavy atom. The summed E-state index contributed by atoms with van der Waals surface area (Å²) in [4.78, 5) is 17.8. The van der Waals surface area contributed by atoms with Crippen molar-refractivity contribution in [1.82, 2.24) is 14.5 Å². The first-order valence-corrected chi connectivity index (χ1v) is 7.45. The van der Waals surface area contributed by atoms with Crippen molar-refractivity contribution in [2.75, 3.05) is 7.05 Å². The number of carbonyl (C=O) groups is 1. The minimum atomic E-state index is -0.249. The number of amides is 1. The molecule has 0 saturated carbocycles. The van der Waals surface area contributed by atoms with Crippen LogP contribution in [0.25, 0.3) is 11.0 Å². The summed E-state index contributed by atoms with van der Waals surface area (Å²) in [6.07, 6.45) is 0. The van der Waals surface area contributed by atoms with Crippen molar-refractivity contribution in [3.8, 4) is 0 Å². The van der Waals surface area contributed by atoms with Crippen LogP contribution in [0.5, 0.6) is 0 Å². The first-order chi connectivity index (χ1) is 11.0. The minimum Gasteiger partial charge on any atom is -0.339 e. The maximum absolute atomic E-state index is 13.1. The van der Waals surface area contributed by atoms with Crippen molar-refractivity contribution in [3.05, 3.63) is 65.7 Å². The van der Waals surface area contributed by atoms with E-state index in [1.807, 2.05) is 24.3 Å². The lowest BCUT2D eigenvalue weighted by Gasteiger charge is -2.16.